The van der Waals surface area contributed by atoms with Crippen LogP contribution in [-0.2, 0) is 40.8 Å². The molecule has 1 unspecified atom stereocenters. The van der Waals surface area contributed by atoms with Crippen LogP contribution >= 0.6 is 46.2 Å². The molecule has 0 radical (unpaired) electrons. The van der Waals surface area contributed by atoms with Gasteiger partial charge < -0.3 is 39.5 Å². The van der Waals surface area contributed by atoms with E-state index >= 15 is 4.79 Å². The summed E-state index contributed by atoms with van der Waals surface area (Å²) in [6.07, 6.45) is -1.60. The van der Waals surface area contributed by atoms with Crippen molar-refractivity contribution in [2.75, 3.05) is 23.9 Å². The van der Waals surface area contributed by atoms with E-state index in [4.69, 9.17) is 38.9 Å². The molecule has 8 aromatic carbocycles. The first kappa shape index (κ1) is 63.3. The van der Waals surface area contributed by atoms with Crippen molar-refractivity contribution in [2.24, 2.45) is 5.16 Å². The molecule has 3 atom stereocenters. The summed E-state index contributed by atoms with van der Waals surface area (Å²) in [5, 5.41) is 33.0. The molecule has 3 N–H and O–H groups in total. The Labute approximate surface area is 564 Å². The number of β-lactam (4-membered cyclic amide) rings is 1. The zero-order chi connectivity index (χ0) is 64.9. The summed E-state index contributed by atoms with van der Waals surface area (Å²) in [7, 11) is 1.57. The number of esters is 1. The van der Waals surface area contributed by atoms with E-state index in [9.17, 15) is 14.7 Å². The lowest BCUT2D eigenvalue weighted by atomic mass is 9.77. The van der Waals surface area contributed by atoms with Crippen LogP contribution in [0.1, 0.15) is 74.4 Å². The van der Waals surface area contributed by atoms with Gasteiger partial charge in [-0.1, -0.05) is 253 Å². The molecule has 0 saturated carbocycles. The molecule has 1 fully saturated rings. The number of carbonyl (C=O) groups is 3. The van der Waals surface area contributed by atoms with Gasteiger partial charge in [0.25, 0.3) is 18.1 Å². The number of ether oxygens (including phenoxy) is 4. The first-order valence-electron chi connectivity index (χ1n) is 30.2. The summed E-state index contributed by atoms with van der Waals surface area (Å²) in [6, 6.07) is 75.8. The van der Waals surface area contributed by atoms with Crippen LogP contribution in [-0.4, -0.2) is 83.7 Å². The molecule has 13 rings (SSSR count). The van der Waals surface area contributed by atoms with Crippen LogP contribution in [0.4, 0.5) is 5.13 Å². The third-order valence-corrected chi connectivity index (χ3v) is 19.9. The number of thioether (sulfide) groups is 2. The van der Waals surface area contributed by atoms with Crippen LogP contribution in [0.25, 0.3) is 0 Å². The molecule has 21 heteroatoms. The lowest BCUT2D eigenvalue weighted by Gasteiger charge is -2.49. The highest BCUT2D eigenvalue weighted by Crippen LogP contribution is 2.45. The van der Waals surface area contributed by atoms with Crippen LogP contribution in [0.3, 0.4) is 0 Å². The van der Waals surface area contributed by atoms with E-state index in [1.807, 2.05) is 212 Å². The number of thiazole rings is 1. The summed E-state index contributed by atoms with van der Waals surface area (Å²) in [5.41, 5.74) is 7.79. The molecule has 3 aromatic heterocycles. The third-order valence-electron chi connectivity index (χ3n) is 15.9. The van der Waals surface area contributed by atoms with Crippen LogP contribution in [0.2, 0.25) is 0 Å². The molecular weight excluding hydrogens is 1270 g/mol. The lowest BCUT2D eigenvalue weighted by molar-refractivity contribution is -0.170. The zero-order valence-corrected chi connectivity index (χ0v) is 54.1. The quantitative estimate of drug-likeness (QED) is 0.00876. The maximum atomic E-state index is 15.6. The number of carbonyl (C=O) groups excluding carboxylic acids is 3. The Kier molecular flexibility index (Phi) is 19.8. The van der Waals surface area contributed by atoms with Gasteiger partial charge >= 0.3 is 5.97 Å². The molecule has 1 saturated heterocycles. The van der Waals surface area contributed by atoms with Crippen LogP contribution in [0, 0.1) is 0 Å². The average molecular weight is 1330 g/mol. The smallest absolute Gasteiger partial charge is 0.355 e. The van der Waals surface area contributed by atoms with Gasteiger partial charge in [0.1, 0.15) is 64.1 Å². The molecule has 0 aliphatic carbocycles. The van der Waals surface area contributed by atoms with E-state index in [1.165, 1.54) is 63.4 Å². The van der Waals surface area contributed by atoms with E-state index in [0.29, 0.717) is 37.9 Å². The second kappa shape index (κ2) is 29.7. The van der Waals surface area contributed by atoms with Gasteiger partial charge in [0.05, 0.1) is 13.3 Å². The van der Waals surface area contributed by atoms with E-state index in [0.717, 1.165) is 38.9 Å². The number of nitrogens with zero attached hydrogens (tertiary/aromatic N) is 6. The highest BCUT2D eigenvalue weighted by atomic mass is 32.2. The van der Waals surface area contributed by atoms with E-state index in [1.54, 1.807) is 42.3 Å². The number of aromatic nitrogens is 4. The molecule has 11 aromatic rings. The molecule has 2 aliphatic heterocycles. The van der Waals surface area contributed by atoms with Crippen molar-refractivity contribution in [1.82, 2.24) is 30.4 Å². The fourth-order valence-corrected chi connectivity index (χ4v) is 15.0. The molecule has 17 nitrogen and oxygen atoms in total. The normalized spacial score (nSPS) is 15.0. The maximum Gasteiger partial charge on any atom is 0.355 e. The minimum absolute atomic E-state index is 0.0619. The number of amides is 2. The molecular formula is C74H60N8O9S4. The number of hydrogen-bond donors (Lipinski definition) is 3. The van der Waals surface area contributed by atoms with Crippen LogP contribution < -0.4 is 20.1 Å². The fraction of sp³-hybridized carbons (Fsp3) is 0.135. The van der Waals surface area contributed by atoms with Crippen LogP contribution in [0.15, 0.2) is 281 Å². The molecule has 474 valence electrons. The van der Waals surface area contributed by atoms with Gasteiger partial charge in [-0.15, -0.1) is 33.3 Å². The average Bonchev–Trinajstić information content (AvgIpc) is 0.891. The Balaban J connectivity index is 0.880. The number of fused-ring (bicyclic) bond motifs is 1. The van der Waals surface area contributed by atoms with E-state index in [-0.39, 0.29) is 40.9 Å². The zero-order valence-electron chi connectivity index (χ0n) is 50.9. The predicted octanol–water partition coefficient (Wildman–Crippen LogP) is 14.1. The minimum Gasteiger partial charge on any atom is -0.504 e. The Bertz CT molecular complexity index is 4280. The Morgan fingerprint density at radius 1 is 0.716 bits per heavy atom. The number of hydrogen-bond acceptors (Lipinski definition) is 19. The van der Waals surface area contributed by atoms with Crippen molar-refractivity contribution in [3.63, 3.8) is 0 Å². The van der Waals surface area contributed by atoms with Gasteiger partial charge in [-0.3, -0.25) is 19.5 Å². The lowest BCUT2D eigenvalue weighted by Crippen LogP contribution is -2.71. The largest absolute Gasteiger partial charge is 0.504 e. The summed E-state index contributed by atoms with van der Waals surface area (Å²) < 4.78 is 25.6. The molecule has 5 heterocycles. The summed E-state index contributed by atoms with van der Waals surface area (Å²) >= 11 is 5.38. The second-order valence-electron chi connectivity index (χ2n) is 21.9. The summed E-state index contributed by atoms with van der Waals surface area (Å²) in [4.78, 5) is 62.8. The Morgan fingerprint density at radius 3 is 1.79 bits per heavy atom. The highest BCUT2D eigenvalue weighted by Gasteiger charge is 2.55. The molecule has 0 spiro atoms. The van der Waals surface area contributed by atoms with Gasteiger partial charge in [-0.25, -0.2) is 9.78 Å². The molecule has 2 amide bonds. The highest BCUT2D eigenvalue weighted by molar-refractivity contribution is 8.01. The van der Waals surface area contributed by atoms with Crippen molar-refractivity contribution in [2.45, 2.75) is 46.4 Å². The van der Waals surface area contributed by atoms with E-state index in [2.05, 4.69) is 20.8 Å². The van der Waals surface area contributed by atoms with Crippen molar-refractivity contribution >= 4 is 74.8 Å². The number of anilines is 1. The monoisotopic (exact) mass is 1330 g/mol. The first-order chi connectivity index (χ1) is 46.7. The van der Waals surface area contributed by atoms with E-state index < -0.39 is 53.2 Å². The second-order valence-corrected chi connectivity index (χ2v) is 25.9. The number of nitrogens with one attached hydrogen (secondary N) is 2. The molecule has 0 bridgehead atoms. The first-order valence-corrected chi connectivity index (χ1v) is 34.0. The van der Waals surface area contributed by atoms with Crippen molar-refractivity contribution in [3.05, 3.63) is 327 Å². The summed E-state index contributed by atoms with van der Waals surface area (Å²) in [5.74, 6) is -1.01. The Hall–Kier alpha value is -10.4. The topological polar surface area (TPSA) is 209 Å². The molecule has 95 heavy (non-hydrogen) atoms. The van der Waals surface area contributed by atoms with Gasteiger partial charge in [0.2, 0.25) is 0 Å². The number of aromatic hydroxyl groups is 1. The van der Waals surface area contributed by atoms with Crippen LogP contribution in [0.5, 0.6) is 17.2 Å². The number of oxime groups is 1. The summed E-state index contributed by atoms with van der Waals surface area (Å²) in [6.45, 7) is -0.0746. The molecule has 2 aliphatic rings. The van der Waals surface area contributed by atoms with Gasteiger partial charge in [-0.2, -0.15) is 0 Å². The third kappa shape index (κ3) is 14.2. The standard InChI is InChI=1S/C74H60N8O9S4/c1-87-57-39-37-48(38-40-57)43-88-70(86)64-53(45-94-73-80-76-47-95-73)44-92-69-63(68(85)82(64)69)78-67(84)62(59-46-93-72(77-59)79-74(54-31-17-6-18-32-54,55-33-19-7-20-34-55)56-35-21-8-22-36-56)81-91-71(90-66(51-27-13-4-14-28-51)52-29-15-5-16-30-52)58-41-60(83)61(42-75-58)89-65(49-23-9-2-10-24-49)50-25-11-3-12-26-50/h2-42,46-47,63,65-66,69,71H,43-45H2,1H3,(H,75,83)(H,77,79)(H,78,84)/t63-,69-,71?/m1/s1. The van der Waals surface area contributed by atoms with Crippen molar-refractivity contribution in [1.29, 1.82) is 0 Å². The minimum atomic E-state index is -1.55. The fourth-order valence-electron chi connectivity index (χ4n) is 11.2. The predicted molar refractivity (Wildman–Crippen MR) is 368 cm³/mol. The number of pyridine rings is 1. The van der Waals surface area contributed by atoms with Gasteiger partial charge in [0, 0.05) is 23.0 Å². The van der Waals surface area contributed by atoms with Crippen molar-refractivity contribution < 1.29 is 43.3 Å². The SMILES string of the molecule is COc1ccc(COC(=O)C2=C(CSc3nncs3)CS[C@@H]3[C@H](NC(=O)C(=NOC(OC(c4ccccc4)c4ccccc4)c4cc(O)c(OC(c5ccccc5)c5ccccc5)cn4)c4csc(NC(c5ccccc5)(c5ccccc5)c5ccccc5)n4)C(=O)N23)cc1. The number of methoxy groups -OCH3 is 1. The number of rotatable bonds is 26. The Morgan fingerprint density at radius 2 is 1.26 bits per heavy atom. The van der Waals surface area contributed by atoms with Crippen molar-refractivity contribution in [3.8, 4) is 17.2 Å². The van der Waals surface area contributed by atoms with Gasteiger partial charge in [-0.05, 0) is 62.2 Å². The number of benzene rings is 8. The maximum absolute atomic E-state index is 15.6. The van der Waals surface area contributed by atoms with Gasteiger partial charge in [0.15, 0.2) is 26.7 Å².